The molecule has 2 aromatic rings. The highest BCUT2D eigenvalue weighted by molar-refractivity contribution is 5.84. The highest BCUT2D eigenvalue weighted by atomic mass is 19.1. The van der Waals surface area contributed by atoms with Crippen LogP contribution in [0.15, 0.2) is 48.5 Å². The fourth-order valence-corrected chi connectivity index (χ4v) is 1.96. The summed E-state index contributed by atoms with van der Waals surface area (Å²) in [7, 11) is 0. The van der Waals surface area contributed by atoms with Crippen LogP contribution in [0.1, 0.15) is 18.1 Å². The number of halogens is 1. The van der Waals surface area contributed by atoms with E-state index in [0.29, 0.717) is 11.3 Å². The molecule has 4 heteroatoms. The van der Waals surface area contributed by atoms with Gasteiger partial charge in [0.2, 0.25) is 0 Å². The van der Waals surface area contributed by atoms with E-state index in [0.717, 1.165) is 5.56 Å². The third kappa shape index (κ3) is 2.79. The molecule has 0 aliphatic heterocycles. The second-order valence-corrected chi connectivity index (χ2v) is 4.93. The Morgan fingerprint density at radius 1 is 1.10 bits per heavy atom. The van der Waals surface area contributed by atoms with E-state index in [9.17, 15) is 14.3 Å². The number of nitrogens with one attached hydrogen (secondary N) is 1. The summed E-state index contributed by atoms with van der Waals surface area (Å²) in [5.74, 6) is -1.35. The van der Waals surface area contributed by atoms with Crippen molar-refractivity contribution in [3.8, 4) is 0 Å². The molecule has 0 saturated carbocycles. The summed E-state index contributed by atoms with van der Waals surface area (Å²) < 4.78 is 12.9. The molecule has 2 rings (SSSR count). The third-order valence-electron chi connectivity index (χ3n) is 3.30. The molecule has 0 bridgehead atoms. The molecule has 0 fully saturated rings. The van der Waals surface area contributed by atoms with Gasteiger partial charge in [0.15, 0.2) is 5.54 Å². The van der Waals surface area contributed by atoms with Crippen LogP contribution in [0.5, 0.6) is 0 Å². The van der Waals surface area contributed by atoms with Crippen molar-refractivity contribution in [3.63, 3.8) is 0 Å². The van der Waals surface area contributed by atoms with Gasteiger partial charge < -0.3 is 10.4 Å². The van der Waals surface area contributed by atoms with Gasteiger partial charge in [-0.15, -0.1) is 0 Å². The van der Waals surface area contributed by atoms with Gasteiger partial charge in [0.25, 0.3) is 0 Å². The second-order valence-electron chi connectivity index (χ2n) is 4.93. The van der Waals surface area contributed by atoms with E-state index in [2.05, 4.69) is 5.32 Å². The maximum Gasteiger partial charge on any atom is 0.333 e. The maximum absolute atomic E-state index is 12.9. The fraction of sp³-hybridized carbons (Fsp3) is 0.188. The molecule has 2 aromatic carbocycles. The van der Waals surface area contributed by atoms with Gasteiger partial charge in [0, 0.05) is 5.69 Å². The average Bonchev–Trinajstić information content (AvgIpc) is 2.42. The number of anilines is 1. The van der Waals surface area contributed by atoms with Gasteiger partial charge in [0.05, 0.1) is 0 Å². The Morgan fingerprint density at radius 2 is 1.65 bits per heavy atom. The van der Waals surface area contributed by atoms with Crippen molar-refractivity contribution in [2.24, 2.45) is 0 Å². The fourth-order valence-electron chi connectivity index (χ4n) is 1.96. The lowest BCUT2D eigenvalue weighted by atomic mass is 9.91. The van der Waals surface area contributed by atoms with Gasteiger partial charge in [-0.3, -0.25) is 0 Å². The number of aliphatic carboxylic acids is 1. The van der Waals surface area contributed by atoms with Crippen molar-refractivity contribution in [2.45, 2.75) is 19.4 Å². The highest BCUT2D eigenvalue weighted by Crippen LogP contribution is 2.27. The number of carboxylic acid groups (broad SMARTS) is 1. The number of carbonyl (C=O) groups is 1. The molecule has 0 aliphatic rings. The van der Waals surface area contributed by atoms with Gasteiger partial charge in [-0.05, 0) is 43.7 Å². The lowest BCUT2D eigenvalue weighted by Crippen LogP contribution is -2.40. The minimum absolute atomic E-state index is 0.358. The predicted molar refractivity (Wildman–Crippen MR) is 76.2 cm³/mol. The number of rotatable bonds is 4. The third-order valence-corrected chi connectivity index (χ3v) is 3.30. The molecule has 0 radical (unpaired) electrons. The van der Waals surface area contributed by atoms with Crippen LogP contribution in [0.3, 0.4) is 0 Å². The van der Waals surface area contributed by atoms with E-state index in [4.69, 9.17) is 0 Å². The molecule has 1 unspecified atom stereocenters. The number of hydrogen-bond donors (Lipinski definition) is 2. The topological polar surface area (TPSA) is 49.3 Å². The molecule has 0 spiro atoms. The van der Waals surface area contributed by atoms with E-state index in [-0.39, 0.29) is 5.82 Å². The summed E-state index contributed by atoms with van der Waals surface area (Å²) >= 11 is 0. The quantitative estimate of drug-likeness (QED) is 0.895. The zero-order valence-corrected chi connectivity index (χ0v) is 11.4. The van der Waals surface area contributed by atoms with Crippen LogP contribution in [0.25, 0.3) is 0 Å². The van der Waals surface area contributed by atoms with Crippen LogP contribution in [0.4, 0.5) is 10.1 Å². The predicted octanol–water partition coefficient (Wildman–Crippen LogP) is 3.55. The summed E-state index contributed by atoms with van der Waals surface area (Å²) in [6.07, 6.45) is 0. The first-order valence-electron chi connectivity index (χ1n) is 6.26. The van der Waals surface area contributed by atoms with Crippen molar-refractivity contribution < 1.29 is 14.3 Å². The van der Waals surface area contributed by atoms with Crippen LogP contribution in [0.2, 0.25) is 0 Å². The lowest BCUT2D eigenvalue weighted by Gasteiger charge is -2.28. The molecule has 104 valence electrons. The van der Waals surface area contributed by atoms with Crippen molar-refractivity contribution in [1.29, 1.82) is 0 Å². The van der Waals surface area contributed by atoms with Crippen molar-refractivity contribution >= 4 is 11.7 Å². The first-order chi connectivity index (χ1) is 9.41. The molecule has 0 amide bonds. The lowest BCUT2D eigenvalue weighted by molar-refractivity contribution is -0.142. The molecule has 0 saturated heterocycles. The largest absolute Gasteiger partial charge is 0.479 e. The first-order valence-corrected chi connectivity index (χ1v) is 6.26. The van der Waals surface area contributed by atoms with Gasteiger partial charge >= 0.3 is 5.97 Å². The van der Waals surface area contributed by atoms with Gasteiger partial charge in [-0.25, -0.2) is 9.18 Å². The molecule has 3 nitrogen and oxygen atoms in total. The highest BCUT2D eigenvalue weighted by Gasteiger charge is 2.35. The molecular weight excluding hydrogens is 257 g/mol. The monoisotopic (exact) mass is 273 g/mol. The Balaban J connectivity index is 2.37. The Kier molecular flexibility index (Phi) is 3.74. The molecule has 0 aliphatic carbocycles. The SMILES string of the molecule is Cc1ccc(C(C)(Nc2ccc(F)cc2)C(=O)O)cc1. The minimum Gasteiger partial charge on any atom is -0.479 e. The van der Waals surface area contributed by atoms with Crippen molar-refractivity contribution in [3.05, 3.63) is 65.5 Å². The van der Waals surface area contributed by atoms with Crippen LogP contribution in [0, 0.1) is 12.7 Å². The van der Waals surface area contributed by atoms with Crippen molar-refractivity contribution in [1.82, 2.24) is 0 Å². The average molecular weight is 273 g/mol. The summed E-state index contributed by atoms with van der Waals surface area (Å²) in [4.78, 5) is 11.6. The van der Waals surface area contributed by atoms with E-state index in [1.807, 2.05) is 19.1 Å². The minimum atomic E-state index is -1.27. The van der Waals surface area contributed by atoms with E-state index >= 15 is 0 Å². The maximum atomic E-state index is 12.9. The number of hydrogen-bond acceptors (Lipinski definition) is 2. The van der Waals surface area contributed by atoms with Crippen LogP contribution in [-0.2, 0) is 10.3 Å². The normalized spacial score (nSPS) is 13.6. The molecule has 0 aromatic heterocycles. The number of aryl methyl sites for hydroxylation is 1. The van der Waals surface area contributed by atoms with Crippen LogP contribution in [-0.4, -0.2) is 11.1 Å². The smallest absolute Gasteiger partial charge is 0.333 e. The summed E-state index contributed by atoms with van der Waals surface area (Å²) in [6, 6.07) is 12.9. The molecule has 0 heterocycles. The molecular formula is C16H16FNO2. The Hall–Kier alpha value is -2.36. The zero-order valence-electron chi connectivity index (χ0n) is 11.4. The Labute approximate surface area is 117 Å². The second kappa shape index (κ2) is 5.33. The van der Waals surface area contributed by atoms with Crippen molar-refractivity contribution in [2.75, 3.05) is 5.32 Å². The summed E-state index contributed by atoms with van der Waals surface area (Å²) in [5, 5.41) is 12.5. The number of carboxylic acids is 1. The van der Waals surface area contributed by atoms with Gasteiger partial charge in [0.1, 0.15) is 5.82 Å². The standard InChI is InChI=1S/C16H16FNO2/c1-11-3-5-12(6-4-11)16(2,15(19)20)18-14-9-7-13(17)8-10-14/h3-10,18H,1-2H3,(H,19,20). The number of benzene rings is 2. The zero-order chi connectivity index (χ0) is 14.8. The Morgan fingerprint density at radius 3 is 2.15 bits per heavy atom. The van der Waals surface area contributed by atoms with E-state index in [1.165, 1.54) is 24.3 Å². The summed E-state index contributed by atoms with van der Waals surface area (Å²) in [5.41, 5.74) is 0.978. The van der Waals surface area contributed by atoms with Gasteiger partial charge in [-0.2, -0.15) is 0 Å². The van der Waals surface area contributed by atoms with Crippen LogP contribution < -0.4 is 5.32 Å². The van der Waals surface area contributed by atoms with Gasteiger partial charge in [-0.1, -0.05) is 29.8 Å². The molecule has 20 heavy (non-hydrogen) atoms. The Bertz CT molecular complexity index is 607. The summed E-state index contributed by atoms with van der Waals surface area (Å²) in [6.45, 7) is 3.53. The molecule has 1 atom stereocenters. The van der Waals surface area contributed by atoms with E-state index < -0.39 is 11.5 Å². The van der Waals surface area contributed by atoms with Crippen LogP contribution >= 0.6 is 0 Å². The first kappa shape index (κ1) is 14.1. The molecule has 2 N–H and O–H groups in total. The van der Waals surface area contributed by atoms with E-state index in [1.54, 1.807) is 19.1 Å².